The molecule has 0 saturated heterocycles. The van der Waals surface area contributed by atoms with Crippen molar-refractivity contribution < 1.29 is 14.6 Å². The maximum atomic E-state index is 11.2. The molecule has 1 N–H and O–H groups in total. The van der Waals surface area contributed by atoms with Gasteiger partial charge in [-0.15, -0.1) is 11.3 Å². The second-order valence-electron chi connectivity index (χ2n) is 5.01. The van der Waals surface area contributed by atoms with Crippen molar-refractivity contribution in [2.75, 3.05) is 6.61 Å². The Balaban J connectivity index is 2.77. The smallest absolute Gasteiger partial charge is 0.349 e. The number of carboxylic acid groups (broad SMARTS) is 1. The zero-order chi connectivity index (χ0) is 13.7. The van der Waals surface area contributed by atoms with Gasteiger partial charge in [-0.3, -0.25) is 0 Å². The number of carbonyl (C=O) groups is 1. The van der Waals surface area contributed by atoms with Crippen LogP contribution in [0.1, 0.15) is 61.0 Å². The number of rotatable bonds is 7. The van der Waals surface area contributed by atoms with Crippen LogP contribution in [0.25, 0.3) is 0 Å². The Morgan fingerprint density at radius 3 is 2.61 bits per heavy atom. The first-order valence-electron chi connectivity index (χ1n) is 6.45. The van der Waals surface area contributed by atoms with Gasteiger partial charge in [0.2, 0.25) is 0 Å². The Labute approximate surface area is 113 Å². The summed E-state index contributed by atoms with van der Waals surface area (Å²) in [5.74, 6) is 0.418. The summed E-state index contributed by atoms with van der Waals surface area (Å²) in [5.41, 5.74) is 0. The zero-order valence-corrected chi connectivity index (χ0v) is 12.3. The van der Waals surface area contributed by atoms with Gasteiger partial charge in [-0.05, 0) is 24.3 Å². The first-order valence-corrected chi connectivity index (χ1v) is 7.27. The topological polar surface area (TPSA) is 46.5 Å². The van der Waals surface area contributed by atoms with Gasteiger partial charge >= 0.3 is 5.97 Å². The van der Waals surface area contributed by atoms with Crippen LogP contribution < -0.4 is 4.74 Å². The lowest BCUT2D eigenvalue weighted by Gasteiger charge is -2.11. The van der Waals surface area contributed by atoms with E-state index in [1.807, 2.05) is 6.07 Å². The molecule has 0 spiro atoms. The molecule has 0 aromatic carbocycles. The second-order valence-corrected chi connectivity index (χ2v) is 6.09. The number of carboxylic acids is 1. The highest BCUT2D eigenvalue weighted by Gasteiger charge is 2.18. The summed E-state index contributed by atoms with van der Waals surface area (Å²) in [6.07, 6.45) is 2.22. The van der Waals surface area contributed by atoms with Crippen LogP contribution in [-0.4, -0.2) is 17.7 Å². The first-order chi connectivity index (χ1) is 8.45. The van der Waals surface area contributed by atoms with Gasteiger partial charge in [-0.2, -0.15) is 0 Å². The Bertz CT molecular complexity index is 396. The fourth-order valence-electron chi connectivity index (χ4n) is 1.74. The van der Waals surface area contributed by atoms with Crippen molar-refractivity contribution in [3.8, 4) is 5.75 Å². The predicted molar refractivity (Wildman–Crippen MR) is 74.9 cm³/mol. The van der Waals surface area contributed by atoms with Gasteiger partial charge in [0.05, 0.1) is 6.61 Å². The van der Waals surface area contributed by atoms with Gasteiger partial charge in [0.25, 0.3) is 0 Å². The Kier molecular flexibility index (Phi) is 5.66. The summed E-state index contributed by atoms with van der Waals surface area (Å²) in [6, 6.07) is 1.87. The first kappa shape index (κ1) is 15.0. The van der Waals surface area contributed by atoms with Crippen LogP contribution in [0.3, 0.4) is 0 Å². The van der Waals surface area contributed by atoms with E-state index in [-0.39, 0.29) is 0 Å². The molecule has 0 aliphatic heterocycles. The molecule has 3 nitrogen and oxygen atoms in total. The molecular formula is C14H22O3S. The largest absolute Gasteiger partial charge is 0.492 e. The van der Waals surface area contributed by atoms with E-state index in [4.69, 9.17) is 9.84 Å². The van der Waals surface area contributed by atoms with Gasteiger partial charge in [-0.25, -0.2) is 4.79 Å². The van der Waals surface area contributed by atoms with Gasteiger partial charge in [0.1, 0.15) is 5.75 Å². The van der Waals surface area contributed by atoms with Crippen LogP contribution in [0.2, 0.25) is 0 Å². The molecule has 102 valence electrons. The lowest BCUT2D eigenvalue weighted by molar-refractivity contribution is 0.0697. The van der Waals surface area contributed by atoms with E-state index < -0.39 is 5.97 Å². The summed E-state index contributed by atoms with van der Waals surface area (Å²) in [4.78, 5) is 12.5. The van der Waals surface area contributed by atoms with Crippen molar-refractivity contribution in [3.63, 3.8) is 0 Å². The third kappa shape index (κ3) is 4.02. The fourth-order valence-corrected chi connectivity index (χ4v) is 2.68. The molecule has 1 atom stereocenters. The van der Waals surface area contributed by atoms with E-state index in [0.29, 0.717) is 29.1 Å². The second kappa shape index (κ2) is 6.78. The van der Waals surface area contributed by atoms with E-state index in [0.717, 1.165) is 17.7 Å². The summed E-state index contributed by atoms with van der Waals surface area (Å²) >= 11 is 1.32. The molecule has 0 bridgehead atoms. The van der Waals surface area contributed by atoms with Crippen LogP contribution in [0, 0.1) is 5.92 Å². The van der Waals surface area contributed by atoms with Crippen molar-refractivity contribution in [2.24, 2.45) is 5.92 Å². The Morgan fingerprint density at radius 1 is 1.44 bits per heavy atom. The van der Waals surface area contributed by atoms with Gasteiger partial charge in [-0.1, -0.05) is 34.1 Å². The molecule has 4 heteroatoms. The van der Waals surface area contributed by atoms with Crippen molar-refractivity contribution in [1.82, 2.24) is 0 Å². The SMILES string of the molecule is CCCC(C)COc1cc(C(C)C)sc1C(=O)O. The van der Waals surface area contributed by atoms with Crippen molar-refractivity contribution in [2.45, 2.75) is 46.5 Å². The quantitative estimate of drug-likeness (QED) is 0.799. The minimum Gasteiger partial charge on any atom is -0.492 e. The van der Waals surface area contributed by atoms with E-state index >= 15 is 0 Å². The Hall–Kier alpha value is -1.03. The van der Waals surface area contributed by atoms with E-state index in [1.165, 1.54) is 11.3 Å². The third-order valence-electron chi connectivity index (χ3n) is 2.79. The summed E-state index contributed by atoms with van der Waals surface area (Å²) < 4.78 is 5.67. The van der Waals surface area contributed by atoms with Crippen LogP contribution in [0.15, 0.2) is 6.07 Å². The third-order valence-corrected chi connectivity index (χ3v) is 4.19. The molecule has 0 fully saturated rings. The van der Waals surface area contributed by atoms with Gasteiger partial charge in [0.15, 0.2) is 4.88 Å². The maximum absolute atomic E-state index is 11.2. The zero-order valence-electron chi connectivity index (χ0n) is 11.5. The van der Waals surface area contributed by atoms with Gasteiger partial charge in [0, 0.05) is 4.88 Å². The van der Waals surface area contributed by atoms with Crippen molar-refractivity contribution in [3.05, 3.63) is 15.8 Å². The average molecular weight is 270 g/mol. The summed E-state index contributed by atoms with van der Waals surface area (Å²) in [7, 11) is 0. The highest BCUT2D eigenvalue weighted by Crippen LogP contribution is 2.34. The van der Waals surface area contributed by atoms with Crippen LogP contribution in [0.5, 0.6) is 5.75 Å². The minimum atomic E-state index is -0.898. The fraction of sp³-hybridized carbons (Fsp3) is 0.643. The number of aromatic carboxylic acids is 1. The van der Waals surface area contributed by atoms with Crippen molar-refractivity contribution in [1.29, 1.82) is 0 Å². The molecule has 0 aliphatic rings. The molecule has 0 radical (unpaired) electrons. The standard InChI is InChI=1S/C14H22O3S/c1-5-6-10(4)8-17-11-7-12(9(2)3)18-13(11)14(15)16/h7,9-10H,5-6,8H2,1-4H3,(H,15,16). The number of thiophene rings is 1. The lowest BCUT2D eigenvalue weighted by atomic mass is 10.1. The average Bonchev–Trinajstić information content (AvgIpc) is 2.71. The molecule has 1 aromatic heterocycles. The monoisotopic (exact) mass is 270 g/mol. The van der Waals surface area contributed by atoms with Gasteiger partial charge < -0.3 is 9.84 Å². The number of hydrogen-bond donors (Lipinski definition) is 1. The lowest BCUT2D eigenvalue weighted by Crippen LogP contribution is -2.09. The number of ether oxygens (including phenoxy) is 1. The minimum absolute atomic E-state index is 0.322. The summed E-state index contributed by atoms with van der Waals surface area (Å²) in [6.45, 7) is 8.96. The van der Waals surface area contributed by atoms with Crippen LogP contribution >= 0.6 is 11.3 Å². The molecule has 0 amide bonds. The Morgan fingerprint density at radius 2 is 2.11 bits per heavy atom. The molecule has 1 rings (SSSR count). The van der Waals surface area contributed by atoms with Crippen LogP contribution in [-0.2, 0) is 0 Å². The highest BCUT2D eigenvalue weighted by atomic mass is 32.1. The normalized spacial score (nSPS) is 12.7. The van der Waals surface area contributed by atoms with E-state index in [9.17, 15) is 4.79 Å². The molecule has 0 saturated carbocycles. The molecule has 1 aromatic rings. The molecule has 1 heterocycles. The predicted octanol–water partition coefficient (Wildman–Crippen LogP) is 4.38. The van der Waals surface area contributed by atoms with Crippen LogP contribution in [0.4, 0.5) is 0 Å². The molecule has 18 heavy (non-hydrogen) atoms. The molecule has 0 aliphatic carbocycles. The van der Waals surface area contributed by atoms with Crippen molar-refractivity contribution >= 4 is 17.3 Å². The molecular weight excluding hydrogens is 248 g/mol. The summed E-state index contributed by atoms with van der Waals surface area (Å²) in [5, 5.41) is 9.16. The van der Waals surface area contributed by atoms with E-state index in [2.05, 4.69) is 27.7 Å². The number of hydrogen-bond acceptors (Lipinski definition) is 3. The maximum Gasteiger partial charge on any atom is 0.349 e. The molecule has 1 unspecified atom stereocenters. The highest BCUT2D eigenvalue weighted by molar-refractivity contribution is 7.14. The van der Waals surface area contributed by atoms with E-state index in [1.54, 1.807) is 0 Å².